The van der Waals surface area contributed by atoms with Crippen LogP contribution >= 0.6 is 8.53 Å². The quantitative estimate of drug-likeness (QED) is 0.231. The van der Waals surface area contributed by atoms with Crippen molar-refractivity contribution in [2.24, 2.45) is 0 Å². The number of nitriles is 1. The summed E-state index contributed by atoms with van der Waals surface area (Å²) in [5.41, 5.74) is 0.787. The third-order valence-corrected chi connectivity index (χ3v) is 7.51. The Morgan fingerprint density at radius 3 is 2.34 bits per heavy atom. The number of amides is 2. The van der Waals surface area contributed by atoms with E-state index in [-0.39, 0.29) is 43.5 Å². The van der Waals surface area contributed by atoms with Gasteiger partial charge in [0.2, 0.25) is 0 Å². The third kappa shape index (κ3) is 5.39. The fraction of sp³-hybridized carbons (Fsp3) is 0.591. The van der Waals surface area contributed by atoms with Crippen LogP contribution in [-0.2, 0) is 13.8 Å². The van der Waals surface area contributed by atoms with E-state index in [1.165, 1.54) is 4.90 Å². The highest BCUT2D eigenvalue weighted by Crippen LogP contribution is 2.49. The largest absolute Gasteiger partial charge is 0.380 e. The molecule has 4 atom stereocenters. The zero-order chi connectivity index (χ0) is 23.4. The molecule has 2 aliphatic rings. The predicted octanol–water partition coefficient (Wildman–Crippen LogP) is 3.23. The molecule has 3 rings (SSSR count). The lowest BCUT2D eigenvalue weighted by atomic mass is 9.96. The molecule has 2 aliphatic heterocycles. The molecule has 0 spiro atoms. The average molecular weight is 457 g/mol. The molecular weight excluding hydrogens is 428 g/mol. The number of rotatable bonds is 10. The number of benzene rings is 1. The number of nitrogens with zero attached hydrogens (tertiary/aromatic N) is 3. The maximum absolute atomic E-state index is 12.8. The van der Waals surface area contributed by atoms with Gasteiger partial charge in [0.25, 0.3) is 20.3 Å². The normalized spacial score (nSPS) is 23.9. The van der Waals surface area contributed by atoms with Gasteiger partial charge in [-0.1, -0.05) is 12.1 Å². The van der Waals surface area contributed by atoms with E-state index < -0.39 is 26.7 Å². The van der Waals surface area contributed by atoms with Crippen LogP contribution in [0, 0.1) is 11.3 Å². The van der Waals surface area contributed by atoms with Gasteiger partial charge in [0.15, 0.2) is 0 Å². The molecule has 2 heterocycles. The lowest BCUT2D eigenvalue weighted by Crippen LogP contribution is -2.42. The molecule has 0 saturated carbocycles. The summed E-state index contributed by atoms with van der Waals surface area (Å²) < 4.78 is 20.3. The zero-order valence-electron chi connectivity index (χ0n) is 18.9. The van der Waals surface area contributed by atoms with Gasteiger partial charge in [-0.05, 0) is 46.2 Å². The molecule has 8 nitrogen and oxygen atoms in total. The molecule has 0 bridgehead atoms. The third-order valence-electron chi connectivity index (χ3n) is 5.36. The molecule has 2 amide bonds. The van der Waals surface area contributed by atoms with Crippen LogP contribution < -0.4 is 0 Å². The van der Waals surface area contributed by atoms with Crippen LogP contribution in [0.2, 0.25) is 0 Å². The van der Waals surface area contributed by atoms with Gasteiger partial charge in [0.1, 0.15) is 14.0 Å². The van der Waals surface area contributed by atoms with E-state index in [4.69, 9.17) is 26.9 Å². The van der Waals surface area contributed by atoms with Gasteiger partial charge in [-0.3, -0.25) is 14.5 Å². The molecule has 0 aromatic heterocycles. The van der Waals surface area contributed by atoms with E-state index in [0.717, 1.165) is 0 Å². The first-order valence-corrected chi connectivity index (χ1v) is 12.0. The molecule has 1 aromatic rings. The molecule has 0 N–H and O–H groups in total. The fourth-order valence-corrected chi connectivity index (χ4v) is 5.77. The molecule has 1 saturated heterocycles. The van der Waals surface area contributed by atoms with E-state index in [9.17, 15) is 9.59 Å². The van der Waals surface area contributed by atoms with Crippen molar-refractivity contribution in [1.29, 1.82) is 5.26 Å². The minimum absolute atomic E-state index is 0.0510. The van der Waals surface area contributed by atoms with Crippen LogP contribution in [0.15, 0.2) is 24.3 Å². The lowest BCUT2D eigenvalue weighted by molar-refractivity contribution is 0.0129. The van der Waals surface area contributed by atoms with Crippen molar-refractivity contribution in [3.05, 3.63) is 35.4 Å². The molecular formula is C22H29BN3O5P. The summed E-state index contributed by atoms with van der Waals surface area (Å²) in [6.07, 6.45) is -0.357. The first-order chi connectivity index (χ1) is 15.2. The molecule has 0 aliphatic carbocycles. The van der Waals surface area contributed by atoms with Crippen LogP contribution in [0.5, 0.6) is 0 Å². The first-order valence-electron chi connectivity index (χ1n) is 10.9. The Bertz CT molecular complexity index is 834. The summed E-state index contributed by atoms with van der Waals surface area (Å²) in [6.45, 7) is 8.52. The summed E-state index contributed by atoms with van der Waals surface area (Å²) in [6, 6.07) is 8.58. The predicted molar refractivity (Wildman–Crippen MR) is 121 cm³/mol. The number of ether oxygens (including phenoxy) is 1. The number of hydrogen-bond acceptors (Lipinski definition) is 7. The number of hydrogen-bond donors (Lipinski definition) is 0. The Hall–Kier alpha value is -1.82. The smallest absolute Gasteiger partial charge is 0.261 e. The maximum Gasteiger partial charge on any atom is 0.261 e. The molecule has 1 unspecified atom stereocenters. The van der Waals surface area contributed by atoms with Gasteiger partial charge >= 0.3 is 0 Å². The Kier molecular flexibility index (Phi) is 8.43. The Labute approximate surface area is 192 Å². The standard InChI is InChI=1S/C22H29BN3O5P/c1-14(2)26(15(3)4)32(29-11-7-10-24)31-18-12-20(23)30-19(18)13-25-21(27)16-8-5-6-9-17(16)22(25)28/h5-6,8-9,14-15,18-20H,7,11-13H2,1-4H3/t18-,19+,20+,32?/m0/s1. The van der Waals surface area contributed by atoms with Gasteiger partial charge in [0.05, 0.1) is 42.9 Å². The van der Waals surface area contributed by atoms with Crippen molar-refractivity contribution in [3.63, 3.8) is 0 Å². The van der Waals surface area contributed by atoms with E-state index >= 15 is 0 Å². The molecule has 1 aromatic carbocycles. The second-order valence-corrected chi connectivity index (χ2v) is 9.81. The number of carbonyl (C=O) groups excluding carboxylic acids is 2. The first kappa shape index (κ1) is 24.8. The van der Waals surface area contributed by atoms with Crippen molar-refractivity contribution in [1.82, 2.24) is 9.57 Å². The molecule has 2 radical (unpaired) electrons. The minimum Gasteiger partial charge on any atom is -0.380 e. The summed E-state index contributed by atoms with van der Waals surface area (Å²) in [5, 5.41) is 8.90. The SMILES string of the molecule is [B][C@H]1C[C@H](OP(OCCC#N)N(C(C)C)C(C)C)[C@@H](CN2C(=O)c3ccccc3C2=O)O1. The van der Waals surface area contributed by atoms with Gasteiger partial charge in [0, 0.05) is 18.1 Å². The highest BCUT2D eigenvalue weighted by atomic mass is 31.2. The summed E-state index contributed by atoms with van der Waals surface area (Å²) in [4.78, 5) is 26.8. The molecule has 1 fully saturated rings. The Balaban J connectivity index is 1.76. The number of carbonyl (C=O) groups is 2. The summed E-state index contributed by atoms with van der Waals surface area (Å²) in [5.74, 6) is -0.682. The van der Waals surface area contributed by atoms with Crippen molar-refractivity contribution < 1.29 is 23.4 Å². The second kappa shape index (κ2) is 10.9. The van der Waals surface area contributed by atoms with E-state index in [2.05, 4.69) is 38.4 Å². The van der Waals surface area contributed by atoms with Crippen molar-refractivity contribution in [3.8, 4) is 6.07 Å². The monoisotopic (exact) mass is 457 g/mol. The minimum atomic E-state index is -1.50. The van der Waals surface area contributed by atoms with E-state index in [0.29, 0.717) is 17.5 Å². The number of fused-ring (bicyclic) bond motifs is 1. The number of imide groups is 1. The second-order valence-electron chi connectivity index (χ2n) is 8.41. The van der Waals surface area contributed by atoms with Gasteiger partial charge in [-0.15, -0.1) is 0 Å². The lowest BCUT2D eigenvalue weighted by Gasteiger charge is -2.37. The zero-order valence-corrected chi connectivity index (χ0v) is 19.8. The van der Waals surface area contributed by atoms with Crippen LogP contribution in [-0.4, -0.2) is 72.7 Å². The highest BCUT2D eigenvalue weighted by molar-refractivity contribution is 7.44. The average Bonchev–Trinajstić information content (AvgIpc) is 3.20. The van der Waals surface area contributed by atoms with Crippen molar-refractivity contribution in [2.45, 2.75) is 70.8 Å². The summed E-state index contributed by atoms with van der Waals surface area (Å²) >= 11 is 0. The molecule has 10 heteroatoms. The van der Waals surface area contributed by atoms with E-state index in [1.807, 2.05) is 0 Å². The topological polar surface area (TPSA) is 92.1 Å². The van der Waals surface area contributed by atoms with Crippen molar-refractivity contribution in [2.75, 3.05) is 13.2 Å². The highest BCUT2D eigenvalue weighted by Gasteiger charge is 2.43. The van der Waals surface area contributed by atoms with Crippen LogP contribution in [0.4, 0.5) is 0 Å². The molecule has 32 heavy (non-hydrogen) atoms. The fourth-order valence-electron chi connectivity index (χ4n) is 4.01. The van der Waals surface area contributed by atoms with Crippen molar-refractivity contribution >= 4 is 28.2 Å². The van der Waals surface area contributed by atoms with E-state index in [1.54, 1.807) is 24.3 Å². The molecule has 170 valence electrons. The van der Waals surface area contributed by atoms with Gasteiger partial charge in [-0.25, -0.2) is 4.67 Å². The van der Waals surface area contributed by atoms with Gasteiger partial charge < -0.3 is 13.8 Å². The van der Waals surface area contributed by atoms with Crippen LogP contribution in [0.1, 0.15) is 61.3 Å². The van der Waals surface area contributed by atoms with Crippen LogP contribution in [0.25, 0.3) is 0 Å². The summed E-state index contributed by atoms with van der Waals surface area (Å²) in [7, 11) is 4.56. The maximum atomic E-state index is 12.8. The Morgan fingerprint density at radius 1 is 1.22 bits per heavy atom. The van der Waals surface area contributed by atoms with Crippen LogP contribution in [0.3, 0.4) is 0 Å². The van der Waals surface area contributed by atoms with Gasteiger partial charge in [-0.2, -0.15) is 5.26 Å². The Morgan fingerprint density at radius 2 is 1.81 bits per heavy atom.